The van der Waals surface area contributed by atoms with Gasteiger partial charge < -0.3 is 20.4 Å². The van der Waals surface area contributed by atoms with Crippen LogP contribution in [0.3, 0.4) is 0 Å². The first kappa shape index (κ1) is 30.9. The van der Waals surface area contributed by atoms with Crippen molar-refractivity contribution < 1.29 is 27.5 Å². The Morgan fingerprint density at radius 2 is 1.68 bits per heavy atom. The average molecular weight is 595 g/mol. The van der Waals surface area contributed by atoms with Crippen LogP contribution >= 0.6 is 24.0 Å². The predicted octanol–water partition coefficient (Wildman–Crippen LogP) is 7.39. The quantitative estimate of drug-likeness (QED) is 0.208. The lowest BCUT2D eigenvalue weighted by atomic mass is 9.94. The molecule has 1 aromatic heterocycles. The maximum absolute atomic E-state index is 13.5. The monoisotopic (exact) mass is 594 g/mol. The Kier molecular flexibility index (Phi) is 9.18. The van der Waals surface area contributed by atoms with Gasteiger partial charge in [0.1, 0.15) is 11.3 Å². The molecule has 0 saturated heterocycles. The minimum absolute atomic E-state index is 0. The summed E-state index contributed by atoms with van der Waals surface area (Å²) in [6, 6.07) is 12.4. The lowest BCUT2D eigenvalue weighted by molar-refractivity contribution is -0.137. The second-order valence-corrected chi connectivity index (χ2v) is 10.1. The number of hydrogen-bond donors (Lipinski definition) is 3. The molecular formula is C28H27Cl2F3N4O3. The number of nitrogens with zero attached hydrogens (tertiary/aromatic N) is 1. The molecule has 0 radical (unpaired) electrons. The zero-order valence-electron chi connectivity index (χ0n) is 22.0. The summed E-state index contributed by atoms with van der Waals surface area (Å²) in [7, 11) is 1.56. The molecular weight excluding hydrogens is 568 g/mol. The van der Waals surface area contributed by atoms with Crippen LogP contribution in [0.5, 0.6) is 0 Å². The van der Waals surface area contributed by atoms with Crippen molar-refractivity contribution in [3.05, 3.63) is 87.7 Å². The Hall–Kier alpha value is -3.60. The smallest absolute Gasteiger partial charge is 0.384 e. The van der Waals surface area contributed by atoms with Crippen molar-refractivity contribution >= 4 is 58.2 Å². The number of fused-ring (bicyclic) bond motifs is 1. The van der Waals surface area contributed by atoms with Gasteiger partial charge in [0.25, 0.3) is 11.8 Å². The summed E-state index contributed by atoms with van der Waals surface area (Å²) in [6.07, 6.45) is -4.72. The lowest BCUT2D eigenvalue weighted by Crippen LogP contribution is -2.25. The van der Waals surface area contributed by atoms with Crippen LogP contribution in [0, 0.1) is 6.92 Å². The van der Waals surface area contributed by atoms with Crippen LogP contribution in [0.1, 0.15) is 51.5 Å². The Morgan fingerprint density at radius 1 is 1.00 bits per heavy atom. The van der Waals surface area contributed by atoms with Gasteiger partial charge >= 0.3 is 6.18 Å². The van der Waals surface area contributed by atoms with E-state index in [-0.39, 0.29) is 23.7 Å². The number of anilines is 2. The third kappa shape index (κ3) is 6.41. The molecule has 40 heavy (non-hydrogen) atoms. The van der Waals surface area contributed by atoms with Crippen LogP contribution in [0.4, 0.5) is 24.5 Å². The first-order valence-corrected chi connectivity index (χ1v) is 12.3. The zero-order chi connectivity index (χ0) is 28.5. The molecule has 0 aliphatic heterocycles. The Bertz CT molecular complexity index is 1570. The number of rotatable bonds is 7. The number of alkyl halides is 3. The Morgan fingerprint density at radius 3 is 2.35 bits per heavy atom. The summed E-state index contributed by atoms with van der Waals surface area (Å²) < 4.78 is 45.8. The summed E-state index contributed by atoms with van der Waals surface area (Å²) in [5.74, 6) is -0.989. The fraction of sp³-hybridized carbons (Fsp3) is 0.250. The molecule has 4 rings (SSSR count). The molecule has 3 N–H and O–H groups in total. The first-order chi connectivity index (χ1) is 18.3. The number of benzene rings is 3. The summed E-state index contributed by atoms with van der Waals surface area (Å²) in [4.78, 5) is 34.2. The van der Waals surface area contributed by atoms with Crippen molar-refractivity contribution in [2.75, 3.05) is 24.4 Å². The first-order valence-electron chi connectivity index (χ1n) is 11.9. The standard InChI is InChI=1S/C28H26ClF3N4O3.ClH/c1-15-20(29)10-7-11-21(15)34-25(38)18-12-16(13-22-23(18)36-26(35-22)27(2,3)14-39-4)33-24(37)17-8-5-6-9-19(17)28(30,31)32;/h5-13H,14H2,1-4H3,(H,33,37)(H,34,38)(H,35,36);1H. The van der Waals surface area contributed by atoms with Crippen molar-refractivity contribution in [2.45, 2.75) is 32.4 Å². The molecule has 0 bridgehead atoms. The van der Waals surface area contributed by atoms with Gasteiger partial charge in [0.2, 0.25) is 0 Å². The number of carbonyl (C=O) groups excluding carboxylic acids is 2. The van der Waals surface area contributed by atoms with Gasteiger partial charge in [0.05, 0.1) is 28.8 Å². The maximum Gasteiger partial charge on any atom is 0.417 e. The van der Waals surface area contributed by atoms with E-state index in [1.165, 1.54) is 24.3 Å². The number of halogens is 5. The van der Waals surface area contributed by atoms with Crippen LogP contribution in [0.15, 0.2) is 54.6 Å². The van der Waals surface area contributed by atoms with E-state index in [9.17, 15) is 22.8 Å². The highest BCUT2D eigenvalue weighted by Crippen LogP contribution is 2.33. The van der Waals surface area contributed by atoms with Crippen LogP contribution in [0.25, 0.3) is 11.0 Å². The second-order valence-electron chi connectivity index (χ2n) is 9.69. The van der Waals surface area contributed by atoms with E-state index < -0.39 is 34.5 Å². The molecule has 2 amide bonds. The number of aromatic amines is 1. The Balaban J connectivity index is 0.00000441. The highest BCUT2D eigenvalue weighted by atomic mass is 35.5. The van der Waals surface area contributed by atoms with E-state index in [4.69, 9.17) is 16.3 Å². The number of H-pyrrole nitrogens is 1. The molecule has 212 valence electrons. The summed E-state index contributed by atoms with van der Waals surface area (Å²) in [5, 5.41) is 5.78. The number of nitrogens with one attached hydrogen (secondary N) is 3. The topological polar surface area (TPSA) is 96.1 Å². The molecule has 12 heteroatoms. The van der Waals surface area contributed by atoms with Crippen LogP contribution in [-0.2, 0) is 16.3 Å². The van der Waals surface area contributed by atoms with Gasteiger partial charge in [-0.1, -0.05) is 43.6 Å². The van der Waals surface area contributed by atoms with E-state index >= 15 is 0 Å². The molecule has 0 fully saturated rings. The molecule has 3 aromatic carbocycles. The number of hydrogen-bond acceptors (Lipinski definition) is 4. The molecule has 0 unspecified atom stereocenters. The molecule has 0 saturated carbocycles. The molecule has 0 aliphatic carbocycles. The number of amides is 2. The Labute approximate surface area is 239 Å². The number of methoxy groups -OCH3 is 1. The number of imidazole rings is 1. The predicted molar refractivity (Wildman–Crippen MR) is 152 cm³/mol. The van der Waals surface area contributed by atoms with Crippen LogP contribution < -0.4 is 10.6 Å². The number of aromatic nitrogens is 2. The second kappa shape index (κ2) is 11.9. The van der Waals surface area contributed by atoms with Crippen LogP contribution in [-0.4, -0.2) is 35.5 Å². The molecule has 0 aliphatic rings. The van der Waals surface area contributed by atoms with E-state index in [0.29, 0.717) is 39.7 Å². The maximum atomic E-state index is 13.5. The summed E-state index contributed by atoms with van der Waals surface area (Å²) >= 11 is 6.20. The van der Waals surface area contributed by atoms with Gasteiger partial charge in [0, 0.05) is 28.9 Å². The minimum atomic E-state index is -4.72. The average Bonchev–Trinajstić information content (AvgIpc) is 3.31. The summed E-state index contributed by atoms with van der Waals surface area (Å²) in [6.45, 7) is 5.89. The fourth-order valence-corrected chi connectivity index (χ4v) is 4.35. The highest BCUT2D eigenvalue weighted by molar-refractivity contribution is 6.31. The van der Waals surface area contributed by atoms with E-state index in [2.05, 4.69) is 20.6 Å². The molecule has 0 atom stereocenters. The highest BCUT2D eigenvalue weighted by Gasteiger charge is 2.35. The lowest BCUT2D eigenvalue weighted by Gasteiger charge is -2.20. The fourth-order valence-electron chi connectivity index (χ4n) is 4.17. The molecule has 0 spiro atoms. The van der Waals surface area contributed by atoms with Gasteiger partial charge in [-0.15, -0.1) is 12.4 Å². The minimum Gasteiger partial charge on any atom is -0.384 e. The van der Waals surface area contributed by atoms with Gasteiger partial charge in [-0.05, 0) is 48.9 Å². The van der Waals surface area contributed by atoms with E-state index in [1.54, 1.807) is 32.2 Å². The van der Waals surface area contributed by atoms with Gasteiger partial charge in [0.15, 0.2) is 0 Å². The largest absolute Gasteiger partial charge is 0.417 e. The summed E-state index contributed by atoms with van der Waals surface area (Å²) in [5.41, 5.74) is -0.102. The normalized spacial score (nSPS) is 11.7. The zero-order valence-corrected chi connectivity index (χ0v) is 23.6. The van der Waals surface area contributed by atoms with Gasteiger partial charge in [-0.3, -0.25) is 9.59 Å². The van der Waals surface area contributed by atoms with Gasteiger partial charge in [-0.2, -0.15) is 13.2 Å². The van der Waals surface area contributed by atoms with Crippen molar-refractivity contribution in [3.8, 4) is 0 Å². The molecule has 7 nitrogen and oxygen atoms in total. The van der Waals surface area contributed by atoms with Crippen LogP contribution in [0.2, 0.25) is 5.02 Å². The molecule has 1 heterocycles. The number of carbonyl (C=O) groups is 2. The number of ether oxygens (including phenoxy) is 1. The third-order valence-corrected chi connectivity index (χ3v) is 6.64. The van der Waals surface area contributed by atoms with Crippen molar-refractivity contribution in [3.63, 3.8) is 0 Å². The third-order valence-electron chi connectivity index (χ3n) is 6.23. The van der Waals surface area contributed by atoms with Gasteiger partial charge in [-0.25, -0.2) is 4.98 Å². The van der Waals surface area contributed by atoms with Crippen molar-refractivity contribution in [2.24, 2.45) is 0 Å². The van der Waals surface area contributed by atoms with Crippen molar-refractivity contribution in [1.82, 2.24) is 9.97 Å². The SMILES string of the molecule is COCC(C)(C)c1nc2c(C(=O)Nc3cccc(Cl)c3C)cc(NC(=O)c3ccccc3C(F)(F)F)cc2[nH]1.Cl. The van der Waals surface area contributed by atoms with E-state index in [1.807, 2.05) is 13.8 Å². The van der Waals surface area contributed by atoms with Crippen molar-refractivity contribution in [1.29, 1.82) is 0 Å². The van der Waals surface area contributed by atoms with E-state index in [0.717, 1.165) is 12.1 Å². The molecule has 4 aromatic rings.